The van der Waals surface area contributed by atoms with Gasteiger partial charge < -0.3 is 23.8 Å². The lowest BCUT2D eigenvalue weighted by Gasteiger charge is -2.34. The van der Waals surface area contributed by atoms with Gasteiger partial charge in [-0.05, 0) is 37.0 Å². The van der Waals surface area contributed by atoms with Crippen molar-refractivity contribution < 1.29 is 28.5 Å². The van der Waals surface area contributed by atoms with Gasteiger partial charge in [0.15, 0.2) is 11.5 Å². The summed E-state index contributed by atoms with van der Waals surface area (Å²) in [5.41, 5.74) is 0.738. The maximum Gasteiger partial charge on any atom is 0.329 e. The van der Waals surface area contributed by atoms with Gasteiger partial charge in [-0.15, -0.1) is 0 Å². The zero-order valence-electron chi connectivity index (χ0n) is 21.6. The Morgan fingerprint density at radius 3 is 1.91 bits per heavy atom. The molecule has 35 heavy (non-hydrogen) atoms. The van der Waals surface area contributed by atoms with Crippen molar-refractivity contribution >= 4 is 11.9 Å². The van der Waals surface area contributed by atoms with E-state index >= 15 is 0 Å². The van der Waals surface area contributed by atoms with Crippen LogP contribution in [0.1, 0.15) is 76.2 Å². The van der Waals surface area contributed by atoms with Crippen molar-refractivity contribution in [2.45, 2.75) is 89.2 Å². The van der Waals surface area contributed by atoms with E-state index in [1.54, 1.807) is 17.0 Å². The van der Waals surface area contributed by atoms with Crippen LogP contribution in [0.3, 0.4) is 0 Å². The molecule has 4 rings (SSSR count). The number of methoxy groups -OCH3 is 3. The Hall–Kier alpha value is -2.70. The number of likely N-dealkylation sites (tertiary alicyclic amines) is 1. The Balaban J connectivity index is 0.000000497. The van der Waals surface area contributed by atoms with Crippen molar-refractivity contribution in [1.29, 1.82) is 0 Å². The lowest BCUT2D eigenvalue weighted by molar-refractivity contribution is -0.160. The molecule has 3 aliphatic rings. The van der Waals surface area contributed by atoms with E-state index in [1.807, 2.05) is 12.2 Å². The van der Waals surface area contributed by atoms with Crippen molar-refractivity contribution in [3.63, 3.8) is 0 Å². The molecule has 1 atom stereocenters. The summed E-state index contributed by atoms with van der Waals surface area (Å²) < 4.78 is 21.7. The molecule has 194 valence electrons. The average Bonchev–Trinajstić information content (AvgIpc) is 3.42. The van der Waals surface area contributed by atoms with E-state index < -0.39 is 6.04 Å². The van der Waals surface area contributed by atoms with E-state index in [4.69, 9.17) is 18.9 Å². The number of carbonyl (C=O) groups is 2. The molecule has 7 heteroatoms. The molecule has 7 nitrogen and oxygen atoms in total. The second kappa shape index (κ2) is 14.0. The van der Waals surface area contributed by atoms with Gasteiger partial charge in [0.25, 0.3) is 0 Å². The maximum absolute atomic E-state index is 13.1. The highest BCUT2D eigenvalue weighted by Crippen LogP contribution is 2.38. The van der Waals surface area contributed by atoms with Crippen molar-refractivity contribution in [3.05, 3.63) is 29.8 Å². The number of esters is 1. The zero-order chi connectivity index (χ0) is 25.0. The van der Waals surface area contributed by atoms with Gasteiger partial charge >= 0.3 is 5.97 Å². The Morgan fingerprint density at radius 1 is 0.829 bits per heavy atom. The molecule has 0 spiro atoms. The van der Waals surface area contributed by atoms with Crippen LogP contribution in [0, 0.1) is 0 Å². The number of carbonyl (C=O) groups excluding carboxylic acids is 2. The normalized spacial score (nSPS) is 20.0. The van der Waals surface area contributed by atoms with Gasteiger partial charge in [0.05, 0.1) is 27.8 Å². The molecule has 1 aromatic rings. The fourth-order valence-corrected chi connectivity index (χ4v) is 4.98. The van der Waals surface area contributed by atoms with Crippen LogP contribution in [0.15, 0.2) is 24.3 Å². The molecule has 1 saturated heterocycles. The second-order valence-electron chi connectivity index (χ2n) is 9.43. The molecule has 1 amide bonds. The fraction of sp³-hybridized carbons (Fsp3) is 0.643. The number of nitrogens with zero attached hydrogens (tertiary/aromatic N) is 1. The third-order valence-corrected chi connectivity index (χ3v) is 6.92. The van der Waals surface area contributed by atoms with E-state index in [-0.39, 0.29) is 24.4 Å². The summed E-state index contributed by atoms with van der Waals surface area (Å²) in [5, 5.41) is 0. The van der Waals surface area contributed by atoms with Crippen LogP contribution in [0.5, 0.6) is 17.2 Å². The van der Waals surface area contributed by atoms with Crippen LogP contribution in [0.4, 0.5) is 0 Å². The van der Waals surface area contributed by atoms with Gasteiger partial charge in [-0.2, -0.15) is 0 Å². The first-order valence-corrected chi connectivity index (χ1v) is 13.0. The lowest BCUT2D eigenvalue weighted by atomic mass is 10.0. The molecule has 0 bridgehead atoms. The highest BCUT2D eigenvalue weighted by Gasteiger charge is 2.34. The standard InChI is InChI=1S/C22H29NO6.C6H12/c1-26-18-12-15(13-19(27-2)21(18)28-3)14-20(24)23-11-7-6-10-17(23)22(25)29-16-8-4-5-9-16;1-2-4-6-5-3-1/h4-5,12-13,16-17H,6-11,14H2,1-3H3;1-6H2. The Labute approximate surface area is 209 Å². The molecule has 0 radical (unpaired) electrons. The van der Waals surface area contributed by atoms with Crippen molar-refractivity contribution in [2.24, 2.45) is 0 Å². The summed E-state index contributed by atoms with van der Waals surface area (Å²) >= 11 is 0. The Bertz CT molecular complexity index is 818. The van der Waals surface area contributed by atoms with E-state index in [0.29, 0.717) is 30.2 Å². The molecule has 1 heterocycles. The number of benzene rings is 1. The third-order valence-electron chi connectivity index (χ3n) is 6.92. The predicted molar refractivity (Wildman–Crippen MR) is 135 cm³/mol. The first kappa shape index (κ1) is 26.9. The van der Waals surface area contributed by atoms with Crippen molar-refractivity contribution in [1.82, 2.24) is 4.90 Å². The molecule has 1 saturated carbocycles. The average molecular weight is 488 g/mol. The van der Waals surface area contributed by atoms with Crippen LogP contribution < -0.4 is 14.2 Å². The largest absolute Gasteiger partial charge is 0.493 e. The van der Waals surface area contributed by atoms with Gasteiger partial charge in [-0.3, -0.25) is 4.79 Å². The van der Waals surface area contributed by atoms with E-state index in [9.17, 15) is 9.59 Å². The molecular formula is C28H41NO6. The molecule has 1 unspecified atom stereocenters. The van der Waals surface area contributed by atoms with Gasteiger partial charge in [-0.25, -0.2) is 4.79 Å². The number of ether oxygens (including phenoxy) is 4. The fourth-order valence-electron chi connectivity index (χ4n) is 4.98. The molecule has 1 aliphatic heterocycles. The summed E-state index contributed by atoms with van der Waals surface area (Å²) in [4.78, 5) is 27.4. The number of hydrogen-bond acceptors (Lipinski definition) is 6. The number of rotatable bonds is 7. The minimum atomic E-state index is -0.515. The SMILES string of the molecule is C1CCCCC1.COc1cc(CC(=O)N2CCCCC2C(=O)OC2CC=CC2)cc(OC)c1OC. The molecule has 2 fully saturated rings. The quantitative estimate of drug-likeness (QED) is 0.387. The summed E-state index contributed by atoms with van der Waals surface area (Å²) in [6.45, 7) is 0.561. The third kappa shape index (κ3) is 7.64. The molecule has 2 aliphatic carbocycles. The highest BCUT2D eigenvalue weighted by atomic mass is 16.5. The number of hydrogen-bond donors (Lipinski definition) is 0. The molecule has 1 aromatic carbocycles. The smallest absolute Gasteiger partial charge is 0.329 e. The number of piperidine rings is 1. The minimum absolute atomic E-state index is 0.100. The predicted octanol–water partition coefficient (Wildman–Crippen LogP) is 5.24. The Kier molecular flexibility index (Phi) is 10.8. The maximum atomic E-state index is 13.1. The number of amides is 1. The van der Waals surface area contributed by atoms with Crippen LogP contribution in [0.25, 0.3) is 0 Å². The summed E-state index contributed by atoms with van der Waals surface area (Å²) in [5.74, 6) is 1.08. The second-order valence-corrected chi connectivity index (χ2v) is 9.43. The highest BCUT2D eigenvalue weighted by molar-refractivity contribution is 5.86. The first-order valence-electron chi connectivity index (χ1n) is 13.0. The van der Waals surface area contributed by atoms with E-state index in [0.717, 1.165) is 31.2 Å². The van der Waals surface area contributed by atoms with Crippen LogP contribution in [0.2, 0.25) is 0 Å². The van der Waals surface area contributed by atoms with E-state index in [2.05, 4.69) is 0 Å². The van der Waals surface area contributed by atoms with Gasteiger partial charge in [0.1, 0.15) is 12.1 Å². The van der Waals surface area contributed by atoms with Crippen LogP contribution in [-0.4, -0.2) is 56.8 Å². The lowest BCUT2D eigenvalue weighted by Crippen LogP contribution is -2.49. The van der Waals surface area contributed by atoms with Crippen LogP contribution >= 0.6 is 0 Å². The van der Waals surface area contributed by atoms with E-state index in [1.165, 1.54) is 59.9 Å². The summed E-state index contributed by atoms with van der Waals surface area (Å²) in [6, 6.07) is 3.01. The van der Waals surface area contributed by atoms with Gasteiger partial charge in [-0.1, -0.05) is 50.7 Å². The van der Waals surface area contributed by atoms with Gasteiger partial charge in [0.2, 0.25) is 11.7 Å². The molecule has 0 aromatic heterocycles. The minimum Gasteiger partial charge on any atom is -0.493 e. The molecule has 0 N–H and O–H groups in total. The summed E-state index contributed by atoms with van der Waals surface area (Å²) in [7, 11) is 4.61. The zero-order valence-corrected chi connectivity index (χ0v) is 21.6. The first-order chi connectivity index (χ1) is 17.1. The van der Waals surface area contributed by atoms with Crippen molar-refractivity contribution in [2.75, 3.05) is 27.9 Å². The van der Waals surface area contributed by atoms with Crippen molar-refractivity contribution in [3.8, 4) is 17.2 Å². The summed E-state index contributed by atoms with van der Waals surface area (Å²) in [6.07, 6.45) is 17.0. The van der Waals surface area contributed by atoms with Crippen LogP contribution in [-0.2, 0) is 20.7 Å². The Morgan fingerprint density at radius 2 is 1.40 bits per heavy atom. The monoisotopic (exact) mass is 487 g/mol. The molecular weight excluding hydrogens is 446 g/mol. The van der Waals surface area contributed by atoms with Gasteiger partial charge in [0, 0.05) is 19.4 Å². The topological polar surface area (TPSA) is 74.3 Å².